The molecule has 1 aromatic rings. The zero-order chi connectivity index (χ0) is 11.9. The second kappa shape index (κ2) is 6.83. The van der Waals surface area contributed by atoms with E-state index in [9.17, 15) is 0 Å². The number of unbranched alkanes of at least 4 members (excludes halogenated alkanes) is 1. The summed E-state index contributed by atoms with van der Waals surface area (Å²) in [4.78, 5) is 0. The fourth-order valence-corrected chi connectivity index (χ4v) is 2.54. The molecule has 1 aliphatic rings. The predicted molar refractivity (Wildman–Crippen MR) is 75.4 cm³/mol. The second-order valence-corrected chi connectivity index (χ2v) is 4.97. The lowest BCUT2D eigenvalue weighted by Crippen LogP contribution is -2.32. The van der Waals surface area contributed by atoms with E-state index in [1.807, 2.05) is 0 Å². The number of hydrogen-bond donors (Lipinski definition) is 1. The molecular weight excluding hydrogens is 230 g/mol. The molecule has 0 saturated heterocycles. The van der Waals surface area contributed by atoms with Crippen LogP contribution in [0.2, 0.25) is 0 Å². The van der Waals surface area contributed by atoms with Crippen molar-refractivity contribution < 1.29 is 0 Å². The van der Waals surface area contributed by atoms with Crippen molar-refractivity contribution in [2.24, 2.45) is 0 Å². The first-order valence-electron chi connectivity index (χ1n) is 6.44. The van der Waals surface area contributed by atoms with Gasteiger partial charge in [0, 0.05) is 18.5 Å². The number of hydrogen-bond acceptors (Lipinski definition) is 1. The molecule has 1 unspecified atom stereocenters. The molecule has 1 aliphatic heterocycles. The van der Waals surface area contributed by atoms with Gasteiger partial charge in [-0.15, -0.1) is 11.6 Å². The fourth-order valence-electron chi connectivity index (χ4n) is 2.35. The highest BCUT2D eigenvalue weighted by Gasteiger charge is 2.15. The lowest BCUT2D eigenvalue weighted by Gasteiger charge is -2.24. The van der Waals surface area contributed by atoms with Crippen LogP contribution in [0.5, 0.6) is 0 Å². The summed E-state index contributed by atoms with van der Waals surface area (Å²) in [5.74, 6) is 0.786. The minimum Gasteiger partial charge on any atom is -0.310 e. The van der Waals surface area contributed by atoms with Crippen LogP contribution in [0.3, 0.4) is 0 Å². The van der Waals surface area contributed by atoms with Crippen molar-refractivity contribution in [2.75, 3.05) is 12.4 Å². The molecule has 0 aromatic heterocycles. The third-order valence-corrected chi connectivity index (χ3v) is 3.57. The Bertz CT molecular complexity index is 358. The van der Waals surface area contributed by atoms with Crippen molar-refractivity contribution in [3.8, 4) is 0 Å². The molecule has 2 heteroatoms. The van der Waals surface area contributed by atoms with Gasteiger partial charge in [-0.1, -0.05) is 42.8 Å². The molecule has 1 N–H and O–H groups in total. The Morgan fingerprint density at radius 1 is 1.18 bits per heavy atom. The Hall–Kier alpha value is -0.790. The molecule has 1 heterocycles. The summed E-state index contributed by atoms with van der Waals surface area (Å²) in [6.07, 6.45) is 7.05. The first-order chi connectivity index (χ1) is 8.40. The van der Waals surface area contributed by atoms with Gasteiger partial charge < -0.3 is 5.32 Å². The van der Waals surface area contributed by atoms with Crippen molar-refractivity contribution >= 4 is 17.2 Å². The van der Waals surface area contributed by atoms with E-state index in [2.05, 4.69) is 41.7 Å². The van der Waals surface area contributed by atoms with Crippen molar-refractivity contribution in [1.29, 1.82) is 0 Å². The van der Waals surface area contributed by atoms with Crippen molar-refractivity contribution in [1.82, 2.24) is 5.32 Å². The molecule has 0 fully saturated rings. The molecule has 1 atom stereocenters. The van der Waals surface area contributed by atoms with Gasteiger partial charge in [-0.05, 0) is 30.4 Å². The summed E-state index contributed by atoms with van der Waals surface area (Å²) in [5.41, 5.74) is 2.86. The first kappa shape index (κ1) is 12.7. The van der Waals surface area contributed by atoms with E-state index in [4.69, 9.17) is 11.6 Å². The second-order valence-electron chi connectivity index (χ2n) is 4.59. The van der Waals surface area contributed by atoms with Gasteiger partial charge in [-0.25, -0.2) is 0 Å². The Morgan fingerprint density at radius 2 is 2.00 bits per heavy atom. The third kappa shape index (κ3) is 3.86. The van der Waals surface area contributed by atoms with Crippen LogP contribution in [0.25, 0.3) is 5.57 Å². The zero-order valence-corrected chi connectivity index (χ0v) is 10.9. The minimum absolute atomic E-state index is 0.624. The van der Waals surface area contributed by atoms with E-state index in [0.29, 0.717) is 6.04 Å². The monoisotopic (exact) mass is 249 g/mol. The summed E-state index contributed by atoms with van der Waals surface area (Å²) in [7, 11) is 0. The quantitative estimate of drug-likeness (QED) is 0.618. The van der Waals surface area contributed by atoms with Gasteiger partial charge in [0.1, 0.15) is 0 Å². The van der Waals surface area contributed by atoms with Crippen molar-refractivity contribution in [3.05, 3.63) is 42.0 Å². The third-order valence-electron chi connectivity index (χ3n) is 3.30. The van der Waals surface area contributed by atoms with Crippen LogP contribution >= 0.6 is 11.6 Å². The van der Waals surface area contributed by atoms with Crippen LogP contribution in [-0.4, -0.2) is 18.5 Å². The summed E-state index contributed by atoms with van der Waals surface area (Å²) in [6, 6.07) is 11.3. The summed E-state index contributed by atoms with van der Waals surface area (Å²) in [5, 5.41) is 3.56. The normalized spacial score (nSPS) is 20.1. The van der Waals surface area contributed by atoms with Crippen LogP contribution in [0.1, 0.15) is 31.2 Å². The number of alkyl halides is 1. The Balaban J connectivity index is 1.90. The highest BCUT2D eigenvalue weighted by atomic mass is 35.5. The predicted octanol–water partition coefficient (Wildman–Crippen LogP) is 3.84. The topological polar surface area (TPSA) is 12.0 Å². The van der Waals surface area contributed by atoms with Crippen LogP contribution < -0.4 is 5.32 Å². The maximum absolute atomic E-state index is 5.71. The molecular formula is C15H20ClN. The molecule has 92 valence electrons. The van der Waals surface area contributed by atoms with Gasteiger partial charge in [0.05, 0.1) is 0 Å². The smallest absolute Gasteiger partial charge is 0.0223 e. The SMILES string of the molecule is ClCCCCC1CC(c2ccccc2)=CCN1. The zero-order valence-electron chi connectivity index (χ0n) is 10.2. The number of halogens is 1. The van der Waals surface area contributed by atoms with Crippen LogP contribution in [0.15, 0.2) is 36.4 Å². The molecule has 0 radical (unpaired) electrons. The van der Waals surface area contributed by atoms with Gasteiger partial charge in [-0.3, -0.25) is 0 Å². The van der Waals surface area contributed by atoms with E-state index in [0.717, 1.165) is 25.3 Å². The van der Waals surface area contributed by atoms with Gasteiger partial charge in [0.15, 0.2) is 0 Å². The molecule has 1 nitrogen and oxygen atoms in total. The summed E-state index contributed by atoms with van der Waals surface area (Å²) < 4.78 is 0. The fraction of sp³-hybridized carbons (Fsp3) is 0.467. The maximum Gasteiger partial charge on any atom is 0.0223 e. The summed E-state index contributed by atoms with van der Waals surface area (Å²) >= 11 is 5.71. The molecule has 17 heavy (non-hydrogen) atoms. The molecule has 0 amide bonds. The Morgan fingerprint density at radius 3 is 2.76 bits per heavy atom. The van der Waals surface area contributed by atoms with Crippen molar-refractivity contribution in [3.63, 3.8) is 0 Å². The van der Waals surface area contributed by atoms with Gasteiger partial charge in [0.25, 0.3) is 0 Å². The average molecular weight is 250 g/mol. The standard InChI is InChI=1S/C15H20ClN/c16-10-5-4-8-15-12-14(9-11-17-15)13-6-2-1-3-7-13/h1-3,6-7,9,15,17H,4-5,8,10-12H2. The molecule has 0 bridgehead atoms. The van der Waals surface area contributed by atoms with E-state index < -0.39 is 0 Å². The number of benzene rings is 1. The molecule has 0 spiro atoms. The van der Waals surface area contributed by atoms with E-state index in [1.54, 1.807) is 0 Å². The lowest BCUT2D eigenvalue weighted by molar-refractivity contribution is 0.483. The van der Waals surface area contributed by atoms with Crippen molar-refractivity contribution in [2.45, 2.75) is 31.7 Å². The van der Waals surface area contributed by atoms with Crippen LogP contribution in [-0.2, 0) is 0 Å². The van der Waals surface area contributed by atoms with Crippen LogP contribution in [0.4, 0.5) is 0 Å². The Kier molecular flexibility index (Phi) is 5.08. The van der Waals surface area contributed by atoms with E-state index in [-0.39, 0.29) is 0 Å². The number of nitrogens with one attached hydrogen (secondary N) is 1. The highest BCUT2D eigenvalue weighted by molar-refractivity contribution is 6.17. The first-order valence-corrected chi connectivity index (χ1v) is 6.97. The van der Waals surface area contributed by atoms with Gasteiger partial charge >= 0.3 is 0 Å². The number of rotatable bonds is 5. The molecule has 2 rings (SSSR count). The molecule has 0 aliphatic carbocycles. The maximum atomic E-state index is 5.71. The highest BCUT2D eigenvalue weighted by Crippen LogP contribution is 2.24. The summed E-state index contributed by atoms with van der Waals surface area (Å²) in [6.45, 7) is 0.996. The van der Waals surface area contributed by atoms with Gasteiger partial charge in [-0.2, -0.15) is 0 Å². The van der Waals surface area contributed by atoms with E-state index >= 15 is 0 Å². The average Bonchev–Trinajstić information content (AvgIpc) is 2.41. The Labute approximate surface area is 109 Å². The largest absolute Gasteiger partial charge is 0.310 e. The lowest BCUT2D eigenvalue weighted by atomic mass is 9.93. The van der Waals surface area contributed by atoms with Gasteiger partial charge in [0.2, 0.25) is 0 Å². The van der Waals surface area contributed by atoms with E-state index in [1.165, 1.54) is 24.0 Å². The molecule has 1 aromatic carbocycles. The van der Waals surface area contributed by atoms with Crippen LogP contribution in [0, 0.1) is 0 Å². The molecule has 0 saturated carbocycles. The minimum atomic E-state index is 0.624.